The Labute approximate surface area is 75.6 Å². The fourth-order valence-corrected chi connectivity index (χ4v) is 1.36. The minimum Gasteiger partial charge on any atom is -0.344 e. The van der Waals surface area contributed by atoms with E-state index in [1.807, 2.05) is 6.26 Å². The molecule has 0 saturated carbocycles. The summed E-state index contributed by atoms with van der Waals surface area (Å²) in [6.07, 6.45) is 4.51. The van der Waals surface area contributed by atoms with Gasteiger partial charge in [-0.25, -0.2) is 0 Å². The molecule has 1 saturated heterocycles. The molecular weight excluding hydrogens is 174 g/mol. The molecular formula is C8H11NO2S. The summed E-state index contributed by atoms with van der Waals surface area (Å²) in [5, 5.41) is 2.48. The molecule has 1 rings (SSSR count). The van der Waals surface area contributed by atoms with Crippen molar-refractivity contribution in [3.8, 4) is 0 Å². The monoisotopic (exact) mass is 185 g/mol. The smallest absolute Gasteiger partial charge is 0.255 e. The lowest BCUT2D eigenvalue weighted by atomic mass is 10.2. The molecule has 12 heavy (non-hydrogen) atoms. The van der Waals surface area contributed by atoms with E-state index in [9.17, 15) is 9.59 Å². The van der Waals surface area contributed by atoms with Gasteiger partial charge >= 0.3 is 0 Å². The van der Waals surface area contributed by atoms with Crippen molar-refractivity contribution in [1.29, 1.82) is 0 Å². The number of hydrogen-bond donors (Lipinski definition) is 1. The van der Waals surface area contributed by atoms with Crippen LogP contribution in [0.4, 0.5) is 0 Å². The molecule has 0 unspecified atom stereocenters. The molecule has 1 aliphatic rings. The first kappa shape index (κ1) is 9.32. The second kappa shape index (κ2) is 4.30. The molecule has 0 bridgehead atoms. The van der Waals surface area contributed by atoms with E-state index in [1.165, 1.54) is 0 Å². The highest BCUT2D eigenvalue weighted by molar-refractivity contribution is 7.98. The lowest BCUT2D eigenvalue weighted by Gasteiger charge is -1.91. The van der Waals surface area contributed by atoms with E-state index in [2.05, 4.69) is 5.32 Å². The fraction of sp³-hybridized carbons (Fsp3) is 0.500. The Morgan fingerprint density at radius 2 is 2.33 bits per heavy atom. The highest BCUT2D eigenvalue weighted by atomic mass is 32.2. The van der Waals surface area contributed by atoms with Gasteiger partial charge in [-0.3, -0.25) is 9.59 Å². The molecule has 1 fully saturated rings. The number of carbonyl (C=O) groups excluding carboxylic acids is 2. The van der Waals surface area contributed by atoms with Gasteiger partial charge in [0, 0.05) is 0 Å². The summed E-state index contributed by atoms with van der Waals surface area (Å²) in [6, 6.07) is 0. The zero-order valence-electron chi connectivity index (χ0n) is 6.92. The number of ketones is 1. The van der Waals surface area contributed by atoms with Gasteiger partial charge in [0.25, 0.3) is 5.91 Å². The van der Waals surface area contributed by atoms with Crippen LogP contribution in [0.25, 0.3) is 0 Å². The van der Waals surface area contributed by atoms with Crippen LogP contribution in [0.5, 0.6) is 0 Å². The molecule has 4 heteroatoms. The standard InChI is InChI=1S/C8H11NO2S/c1-12-4-2-3-6-7(10)5-9-8(6)11/h3H,2,4-5H2,1H3,(H,9,11). The second-order valence-corrected chi connectivity index (χ2v) is 3.49. The van der Waals surface area contributed by atoms with Gasteiger partial charge in [0.05, 0.1) is 12.1 Å². The molecule has 3 nitrogen and oxygen atoms in total. The van der Waals surface area contributed by atoms with Crippen LogP contribution >= 0.6 is 11.8 Å². The molecule has 0 aliphatic carbocycles. The van der Waals surface area contributed by atoms with E-state index in [1.54, 1.807) is 17.8 Å². The van der Waals surface area contributed by atoms with Crippen LogP contribution in [0.15, 0.2) is 11.6 Å². The van der Waals surface area contributed by atoms with Crippen molar-refractivity contribution in [3.05, 3.63) is 11.6 Å². The summed E-state index contributed by atoms with van der Waals surface area (Å²) in [7, 11) is 0. The Hall–Kier alpha value is -0.770. The zero-order valence-corrected chi connectivity index (χ0v) is 7.74. The minimum atomic E-state index is -0.221. The third-order valence-electron chi connectivity index (χ3n) is 1.62. The maximum Gasteiger partial charge on any atom is 0.255 e. The second-order valence-electron chi connectivity index (χ2n) is 2.51. The highest BCUT2D eigenvalue weighted by Gasteiger charge is 2.24. The molecule has 1 heterocycles. The lowest BCUT2D eigenvalue weighted by Crippen LogP contribution is -2.14. The van der Waals surface area contributed by atoms with E-state index >= 15 is 0 Å². The Morgan fingerprint density at radius 1 is 1.58 bits per heavy atom. The van der Waals surface area contributed by atoms with Crippen LogP contribution in [0.1, 0.15) is 6.42 Å². The van der Waals surface area contributed by atoms with Gasteiger partial charge in [-0.05, 0) is 18.4 Å². The summed E-state index contributed by atoms with van der Waals surface area (Å²) in [4.78, 5) is 22.0. The fourth-order valence-electron chi connectivity index (χ4n) is 1.01. The highest BCUT2D eigenvalue weighted by Crippen LogP contribution is 2.06. The normalized spacial score (nSPS) is 20.2. The van der Waals surface area contributed by atoms with Crippen molar-refractivity contribution in [1.82, 2.24) is 5.32 Å². The van der Waals surface area contributed by atoms with E-state index in [0.717, 1.165) is 12.2 Å². The Bertz CT molecular complexity index is 217. The van der Waals surface area contributed by atoms with Gasteiger partial charge < -0.3 is 5.32 Å². The van der Waals surface area contributed by atoms with Crippen LogP contribution in [-0.2, 0) is 9.59 Å². The first-order chi connectivity index (χ1) is 5.75. The van der Waals surface area contributed by atoms with Gasteiger partial charge in [-0.15, -0.1) is 0 Å². The van der Waals surface area contributed by atoms with Crippen molar-refractivity contribution in [2.75, 3.05) is 18.6 Å². The largest absolute Gasteiger partial charge is 0.344 e. The molecule has 1 aliphatic heterocycles. The molecule has 0 atom stereocenters. The van der Waals surface area contributed by atoms with E-state index in [-0.39, 0.29) is 18.2 Å². The average molecular weight is 185 g/mol. The van der Waals surface area contributed by atoms with Crippen molar-refractivity contribution in [2.24, 2.45) is 0 Å². The summed E-state index contributed by atoms with van der Waals surface area (Å²) in [5.41, 5.74) is 0.337. The number of nitrogens with one attached hydrogen (secondary N) is 1. The number of Topliss-reactive ketones (excluding diaryl/α,β-unsaturated/α-hetero) is 1. The van der Waals surface area contributed by atoms with Crippen molar-refractivity contribution in [3.63, 3.8) is 0 Å². The Kier molecular flexibility index (Phi) is 3.34. The van der Waals surface area contributed by atoms with Crippen molar-refractivity contribution >= 4 is 23.5 Å². The maximum absolute atomic E-state index is 11.0. The van der Waals surface area contributed by atoms with Gasteiger partial charge in [-0.2, -0.15) is 11.8 Å². The Balaban J connectivity index is 2.53. The predicted octanol–water partition coefficient (Wildman–Crippen LogP) is 0.365. The van der Waals surface area contributed by atoms with E-state index in [4.69, 9.17) is 0 Å². The molecule has 0 aromatic rings. The lowest BCUT2D eigenvalue weighted by molar-refractivity contribution is -0.117. The zero-order chi connectivity index (χ0) is 8.97. The van der Waals surface area contributed by atoms with Gasteiger partial charge in [0.2, 0.25) is 0 Å². The summed E-state index contributed by atoms with van der Waals surface area (Å²) in [5.74, 6) is 0.645. The van der Waals surface area contributed by atoms with Crippen LogP contribution in [-0.4, -0.2) is 30.2 Å². The topological polar surface area (TPSA) is 46.2 Å². The number of thioether (sulfide) groups is 1. The van der Waals surface area contributed by atoms with Crippen LogP contribution in [0.2, 0.25) is 0 Å². The molecule has 0 radical (unpaired) electrons. The van der Waals surface area contributed by atoms with E-state index in [0.29, 0.717) is 5.57 Å². The number of amides is 1. The van der Waals surface area contributed by atoms with Gasteiger partial charge in [0.1, 0.15) is 0 Å². The first-order valence-electron chi connectivity index (χ1n) is 3.76. The SMILES string of the molecule is CSCCC=C1C(=O)CNC1=O. The van der Waals surface area contributed by atoms with E-state index < -0.39 is 0 Å². The molecule has 66 valence electrons. The first-order valence-corrected chi connectivity index (χ1v) is 5.15. The average Bonchev–Trinajstić information content (AvgIpc) is 2.35. The van der Waals surface area contributed by atoms with Crippen molar-refractivity contribution in [2.45, 2.75) is 6.42 Å². The number of allylic oxidation sites excluding steroid dienone is 1. The third-order valence-corrected chi connectivity index (χ3v) is 2.27. The minimum absolute atomic E-state index is 0.0823. The number of carbonyl (C=O) groups is 2. The predicted molar refractivity (Wildman–Crippen MR) is 49.1 cm³/mol. The van der Waals surface area contributed by atoms with Crippen LogP contribution in [0.3, 0.4) is 0 Å². The van der Waals surface area contributed by atoms with Gasteiger partial charge in [0.15, 0.2) is 5.78 Å². The van der Waals surface area contributed by atoms with Crippen LogP contribution < -0.4 is 5.32 Å². The molecule has 1 N–H and O–H groups in total. The Morgan fingerprint density at radius 3 is 2.83 bits per heavy atom. The number of hydrogen-bond acceptors (Lipinski definition) is 3. The summed E-state index contributed by atoms with van der Waals surface area (Å²) < 4.78 is 0. The summed E-state index contributed by atoms with van der Waals surface area (Å²) in [6.45, 7) is 0.171. The number of rotatable bonds is 3. The molecule has 0 aromatic carbocycles. The van der Waals surface area contributed by atoms with Crippen molar-refractivity contribution < 1.29 is 9.59 Å². The maximum atomic E-state index is 11.0. The third kappa shape index (κ3) is 2.11. The molecule has 0 spiro atoms. The van der Waals surface area contributed by atoms with Gasteiger partial charge in [-0.1, -0.05) is 6.08 Å². The van der Waals surface area contributed by atoms with Crippen LogP contribution in [0, 0.1) is 0 Å². The summed E-state index contributed by atoms with van der Waals surface area (Å²) >= 11 is 1.70. The quantitative estimate of drug-likeness (QED) is 0.392. The molecule has 0 aromatic heterocycles. The molecule has 1 amide bonds.